The van der Waals surface area contributed by atoms with Crippen molar-refractivity contribution < 1.29 is 19.5 Å². The van der Waals surface area contributed by atoms with Gasteiger partial charge in [-0.05, 0) is 38.8 Å². The predicted molar refractivity (Wildman–Crippen MR) is 151 cm³/mol. The summed E-state index contributed by atoms with van der Waals surface area (Å²) in [5.41, 5.74) is 0.352. The Kier molecular flexibility index (Phi) is 7.01. The molecular weight excluding hydrogens is 498 g/mol. The lowest BCUT2D eigenvalue weighted by atomic mass is 9.78. The first kappa shape index (κ1) is 27.0. The predicted octanol–water partition coefficient (Wildman–Crippen LogP) is 3.49. The van der Waals surface area contributed by atoms with Crippen LogP contribution in [0.15, 0.2) is 54.6 Å². The van der Waals surface area contributed by atoms with Crippen molar-refractivity contribution in [2.75, 3.05) is 24.6 Å². The Labute approximate surface area is 229 Å². The van der Waals surface area contributed by atoms with Gasteiger partial charge in [-0.2, -0.15) is 0 Å². The van der Waals surface area contributed by atoms with Gasteiger partial charge < -0.3 is 19.8 Å². The number of anilines is 1. The van der Waals surface area contributed by atoms with E-state index in [1.807, 2.05) is 88.1 Å². The van der Waals surface area contributed by atoms with Gasteiger partial charge in [0, 0.05) is 29.6 Å². The van der Waals surface area contributed by atoms with Gasteiger partial charge >= 0.3 is 0 Å². The van der Waals surface area contributed by atoms with Crippen molar-refractivity contribution in [3.8, 4) is 0 Å². The molecule has 0 saturated carbocycles. The number of carbonyl (C=O) groups is 3. The van der Waals surface area contributed by atoms with Gasteiger partial charge in [-0.1, -0.05) is 62.8 Å². The zero-order valence-corrected chi connectivity index (χ0v) is 23.7. The lowest BCUT2D eigenvalue weighted by molar-refractivity contribution is -0.149. The summed E-state index contributed by atoms with van der Waals surface area (Å²) < 4.78 is -0.885. The fourth-order valence-corrected chi connectivity index (χ4v) is 8.68. The summed E-state index contributed by atoms with van der Waals surface area (Å²) in [6, 6.07) is 8.27. The highest BCUT2D eigenvalue weighted by atomic mass is 32.2. The summed E-state index contributed by atoms with van der Waals surface area (Å²) in [5.74, 6) is -1.69. The summed E-state index contributed by atoms with van der Waals surface area (Å²) in [7, 11) is 0. The molecule has 1 aromatic rings. The lowest BCUT2D eigenvalue weighted by Crippen LogP contribution is -2.60. The molecule has 204 valence electrons. The van der Waals surface area contributed by atoms with Gasteiger partial charge in [-0.25, -0.2) is 0 Å². The quantitative estimate of drug-likeness (QED) is 0.582. The zero-order chi connectivity index (χ0) is 27.4. The molecule has 1 N–H and O–H groups in total. The van der Waals surface area contributed by atoms with Crippen molar-refractivity contribution in [2.24, 2.45) is 17.8 Å². The maximum atomic E-state index is 14.5. The number of aliphatic hydroxyl groups is 1. The number of fused-ring (bicyclic) bond motifs is 2. The van der Waals surface area contributed by atoms with Crippen molar-refractivity contribution in [1.82, 2.24) is 9.80 Å². The van der Waals surface area contributed by atoms with E-state index in [-0.39, 0.29) is 35.5 Å². The maximum absolute atomic E-state index is 14.5. The summed E-state index contributed by atoms with van der Waals surface area (Å²) in [6.07, 6.45) is 8.88. The molecule has 38 heavy (non-hydrogen) atoms. The fraction of sp³-hybridized carbons (Fsp3) is 0.567. The Bertz CT molecular complexity index is 1160. The van der Waals surface area contributed by atoms with E-state index in [4.69, 9.17) is 0 Å². The molecular formula is C30H39N3O4S. The van der Waals surface area contributed by atoms with E-state index in [0.29, 0.717) is 13.1 Å². The first-order valence-electron chi connectivity index (χ1n) is 13.7. The average molecular weight is 538 g/mol. The summed E-state index contributed by atoms with van der Waals surface area (Å²) in [5, 5.41) is 10.3. The smallest absolute Gasteiger partial charge is 0.247 e. The highest BCUT2D eigenvalue weighted by Crippen LogP contribution is 2.61. The number of amides is 3. The van der Waals surface area contributed by atoms with Crippen LogP contribution in [0.3, 0.4) is 0 Å². The molecule has 4 aliphatic heterocycles. The van der Waals surface area contributed by atoms with Crippen LogP contribution in [0, 0.1) is 17.8 Å². The fourth-order valence-electron chi connectivity index (χ4n) is 6.69. The van der Waals surface area contributed by atoms with Crippen LogP contribution < -0.4 is 4.90 Å². The Hall–Kier alpha value is -2.58. The number of aliphatic hydroxyl groups excluding tert-OH is 1. The molecule has 3 amide bonds. The van der Waals surface area contributed by atoms with Crippen LogP contribution >= 0.6 is 11.8 Å². The third kappa shape index (κ3) is 4.02. The molecule has 2 saturated heterocycles. The van der Waals surface area contributed by atoms with E-state index in [1.54, 1.807) is 21.6 Å². The molecule has 7 atom stereocenters. The summed E-state index contributed by atoms with van der Waals surface area (Å²) in [4.78, 5) is 48.5. The molecule has 8 heteroatoms. The SMILES string of the molecule is CC[C@H](C)[C@H](CO)N1C(=O)[C@@H]2[C@H]3C(=O)N(c4ccccc4)CC=C[C@H]3S[C@@]23C=CCN(C(C)(C)C)C(=O)C13. The van der Waals surface area contributed by atoms with Gasteiger partial charge in [0.05, 0.1) is 29.2 Å². The molecule has 1 spiro atoms. The van der Waals surface area contributed by atoms with Crippen LogP contribution in [0.4, 0.5) is 5.69 Å². The van der Waals surface area contributed by atoms with Crippen LogP contribution in [-0.4, -0.2) is 79.9 Å². The molecule has 0 aliphatic carbocycles. The van der Waals surface area contributed by atoms with Crippen molar-refractivity contribution in [3.63, 3.8) is 0 Å². The number of nitrogens with zero attached hydrogens (tertiary/aromatic N) is 3. The molecule has 2 fully saturated rings. The Morgan fingerprint density at radius 3 is 2.39 bits per heavy atom. The minimum atomic E-state index is -0.885. The number of benzene rings is 1. The number of rotatable bonds is 5. The number of carbonyl (C=O) groups excluding carboxylic acids is 3. The second-order valence-corrected chi connectivity index (χ2v) is 13.4. The van der Waals surface area contributed by atoms with Gasteiger partial charge in [0.25, 0.3) is 0 Å². The maximum Gasteiger partial charge on any atom is 0.247 e. The first-order valence-corrected chi connectivity index (χ1v) is 14.6. The third-order valence-electron chi connectivity index (χ3n) is 8.82. The first-order chi connectivity index (χ1) is 18.1. The van der Waals surface area contributed by atoms with Crippen LogP contribution in [0.25, 0.3) is 0 Å². The second-order valence-electron chi connectivity index (χ2n) is 12.0. The summed E-state index contributed by atoms with van der Waals surface area (Å²) in [6.45, 7) is 10.7. The van der Waals surface area contributed by atoms with Crippen LogP contribution in [-0.2, 0) is 14.4 Å². The molecule has 7 nitrogen and oxygen atoms in total. The zero-order valence-electron chi connectivity index (χ0n) is 22.9. The van der Waals surface area contributed by atoms with E-state index >= 15 is 0 Å². The van der Waals surface area contributed by atoms with E-state index in [1.165, 1.54) is 0 Å². The monoisotopic (exact) mass is 537 g/mol. The van der Waals surface area contributed by atoms with Gasteiger partial charge in [0.15, 0.2) is 0 Å². The molecule has 1 aromatic carbocycles. The van der Waals surface area contributed by atoms with Crippen LogP contribution in [0.1, 0.15) is 41.0 Å². The topological polar surface area (TPSA) is 81.2 Å². The van der Waals surface area contributed by atoms with Crippen molar-refractivity contribution in [1.29, 1.82) is 0 Å². The van der Waals surface area contributed by atoms with Crippen molar-refractivity contribution in [3.05, 3.63) is 54.6 Å². The molecule has 0 aromatic heterocycles. The van der Waals surface area contributed by atoms with Gasteiger partial charge in [-0.3, -0.25) is 14.4 Å². The van der Waals surface area contributed by atoms with Gasteiger partial charge in [0.1, 0.15) is 6.04 Å². The van der Waals surface area contributed by atoms with Crippen molar-refractivity contribution in [2.45, 2.75) is 68.7 Å². The summed E-state index contributed by atoms with van der Waals surface area (Å²) >= 11 is 1.58. The molecule has 0 bridgehead atoms. The molecule has 5 rings (SSSR count). The number of hydrogen-bond acceptors (Lipinski definition) is 5. The highest BCUT2D eigenvalue weighted by Gasteiger charge is 2.72. The van der Waals surface area contributed by atoms with E-state index in [0.717, 1.165) is 12.1 Å². The minimum absolute atomic E-state index is 0.00529. The molecule has 0 radical (unpaired) electrons. The molecule has 1 unspecified atom stereocenters. The number of thioether (sulfide) groups is 1. The Morgan fingerprint density at radius 1 is 1.05 bits per heavy atom. The third-order valence-corrected chi connectivity index (χ3v) is 10.6. The van der Waals surface area contributed by atoms with Gasteiger partial charge in [0.2, 0.25) is 17.7 Å². The highest BCUT2D eigenvalue weighted by molar-refractivity contribution is 8.02. The lowest BCUT2D eigenvalue weighted by Gasteiger charge is -2.43. The standard InChI is InChI=1S/C30H39N3O4S/c1-6-19(2)21(18-34)33-25-28(37)32(29(3,4)5)17-11-15-30(25)24(27(33)36)23-22(38-30)14-10-16-31(26(23)35)20-12-8-7-9-13-20/h7-15,19,21-25,34H,6,16-18H2,1-5H3/t19-,21-,22+,23-,24-,25?,30-/m0/s1. The number of likely N-dealkylation sites (tertiary alicyclic amines) is 1. The Balaban J connectivity index is 1.65. The largest absolute Gasteiger partial charge is 0.394 e. The molecule has 4 aliphatic rings. The van der Waals surface area contributed by atoms with E-state index in [9.17, 15) is 19.5 Å². The minimum Gasteiger partial charge on any atom is -0.394 e. The number of hydrogen-bond donors (Lipinski definition) is 1. The van der Waals surface area contributed by atoms with E-state index in [2.05, 4.69) is 6.08 Å². The van der Waals surface area contributed by atoms with Crippen molar-refractivity contribution >= 4 is 35.2 Å². The average Bonchev–Trinajstić information content (AvgIpc) is 3.19. The van der Waals surface area contributed by atoms with Crippen LogP contribution in [0.5, 0.6) is 0 Å². The molecule has 4 heterocycles. The second kappa shape index (κ2) is 9.87. The number of para-hydroxylation sites is 1. The Morgan fingerprint density at radius 2 is 1.76 bits per heavy atom. The van der Waals surface area contributed by atoms with E-state index < -0.39 is 34.2 Å². The van der Waals surface area contributed by atoms with Gasteiger partial charge in [-0.15, -0.1) is 11.8 Å². The normalized spacial score (nSPS) is 32.6. The van der Waals surface area contributed by atoms with Crippen LogP contribution in [0.2, 0.25) is 0 Å².